The third-order valence-electron chi connectivity index (χ3n) is 4.99. The summed E-state index contributed by atoms with van der Waals surface area (Å²) in [7, 11) is -3.93. The van der Waals surface area contributed by atoms with Gasteiger partial charge in [-0.15, -0.1) is 0 Å². The minimum Gasteiger partial charge on any atom is -0.319 e. The van der Waals surface area contributed by atoms with Gasteiger partial charge in [-0.1, -0.05) is 25.7 Å². The smallest absolute Gasteiger partial charge is 0.258 e. The lowest BCUT2D eigenvalue weighted by Crippen LogP contribution is -2.26. The largest absolute Gasteiger partial charge is 0.319 e. The van der Waals surface area contributed by atoms with E-state index < -0.39 is 38.9 Å². The van der Waals surface area contributed by atoms with Crippen LogP contribution in [0.3, 0.4) is 0 Å². The van der Waals surface area contributed by atoms with Crippen molar-refractivity contribution in [1.29, 1.82) is 0 Å². The molecular formula is C20H21F3N2O3S. The highest BCUT2D eigenvalue weighted by molar-refractivity contribution is 7.89. The fourth-order valence-electron chi connectivity index (χ4n) is 3.41. The first-order chi connectivity index (χ1) is 13.8. The Morgan fingerprint density at radius 1 is 1.00 bits per heavy atom. The van der Waals surface area contributed by atoms with Crippen LogP contribution in [-0.4, -0.2) is 20.9 Å². The summed E-state index contributed by atoms with van der Waals surface area (Å²) >= 11 is 0. The van der Waals surface area contributed by atoms with Crippen LogP contribution in [0.25, 0.3) is 0 Å². The van der Waals surface area contributed by atoms with Gasteiger partial charge in [0.05, 0.1) is 16.1 Å². The number of carbonyl (C=O) groups excluding carboxylic acids is 1. The molecule has 0 bridgehead atoms. The number of benzene rings is 2. The number of anilines is 1. The number of sulfonamides is 1. The van der Waals surface area contributed by atoms with Crippen LogP contribution in [-0.2, 0) is 10.0 Å². The third-order valence-corrected chi connectivity index (χ3v) is 6.45. The van der Waals surface area contributed by atoms with E-state index in [1.165, 1.54) is 0 Å². The minimum absolute atomic E-state index is 0.257. The maximum Gasteiger partial charge on any atom is 0.258 e. The van der Waals surface area contributed by atoms with E-state index in [1.54, 1.807) is 0 Å². The van der Waals surface area contributed by atoms with Gasteiger partial charge in [0.2, 0.25) is 10.0 Å². The zero-order valence-electron chi connectivity index (χ0n) is 15.6. The lowest BCUT2D eigenvalue weighted by Gasteiger charge is -2.12. The van der Waals surface area contributed by atoms with Crippen molar-refractivity contribution in [2.24, 2.45) is 5.92 Å². The van der Waals surface area contributed by atoms with Crippen molar-refractivity contribution in [3.63, 3.8) is 0 Å². The van der Waals surface area contributed by atoms with E-state index in [0.717, 1.165) is 62.4 Å². The monoisotopic (exact) mass is 426 g/mol. The van der Waals surface area contributed by atoms with Crippen molar-refractivity contribution in [2.45, 2.75) is 37.0 Å². The van der Waals surface area contributed by atoms with E-state index in [4.69, 9.17) is 0 Å². The van der Waals surface area contributed by atoms with Gasteiger partial charge in [-0.25, -0.2) is 26.3 Å². The van der Waals surface area contributed by atoms with Crippen LogP contribution in [0.5, 0.6) is 0 Å². The summed E-state index contributed by atoms with van der Waals surface area (Å²) in [5, 5.41) is 2.12. The van der Waals surface area contributed by atoms with Gasteiger partial charge in [-0.3, -0.25) is 4.79 Å². The predicted molar refractivity (Wildman–Crippen MR) is 102 cm³/mol. The predicted octanol–water partition coefficient (Wildman–Crippen LogP) is 4.21. The van der Waals surface area contributed by atoms with Crippen LogP contribution in [0.4, 0.5) is 18.9 Å². The second kappa shape index (κ2) is 8.96. The third kappa shape index (κ3) is 5.36. The summed E-state index contributed by atoms with van der Waals surface area (Å²) in [6.07, 6.45) is 5.20. The fraction of sp³-hybridized carbons (Fsp3) is 0.350. The standard InChI is InChI=1S/C20H21F3N2O3S/c21-14-5-8-19(18(23)11-14)25-20(26)16-12-15(6-7-17(16)22)29(27,28)24-10-9-13-3-1-2-4-13/h5-8,11-13,24H,1-4,9-10H2,(H,25,26). The maximum absolute atomic E-state index is 14.1. The fourth-order valence-corrected chi connectivity index (χ4v) is 4.48. The molecular weight excluding hydrogens is 405 g/mol. The number of halogens is 3. The Morgan fingerprint density at radius 3 is 2.41 bits per heavy atom. The Labute approximate surface area is 167 Å². The molecule has 1 saturated carbocycles. The first-order valence-corrected chi connectivity index (χ1v) is 10.8. The molecule has 0 spiro atoms. The van der Waals surface area contributed by atoms with E-state index in [1.807, 2.05) is 0 Å². The van der Waals surface area contributed by atoms with E-state index in [0.29, 0.717) is 12.0 Å². The van der Waals surface area contributed by atoms with Crippen molar-refractivity contribution in [3.05, 3.63) is 59.4 Å². The van der Waals surface area contributed by atoms with Gasteiger partial charge in [-0.2, -0.15) is 0 Å². The van der Waals surface area contributed by atoms with Crippen molar-refractivity contribution in [2.75, 3.05) is 11.9 Å². The molecule has 0 atom stereocenters. The quantitative estimate of drug-likeness (QED) is 0.696. The molecule has 1 aliphatic carbocycles. The summed E-state index contributed by atoms with van der Waals surface area (Å²) in [6.45, 7) is 0.257. The first-order valence-electron chi connectivity index (χ1n) is 9.32. The molecule has 0 heterocycles. The lowest BCUT2D eigenvalue weighted by molar-refractivity contribution is 0.102. The van der Waals surface area contributed by atoms with Crippen molar-refractivity contribution < 1.29 is 26.4 Å². The molecule has 9 heteroatoms. The molecule has 0 unspecified atom stereocenters. The molecule has 156 valence electrons. The summed E-state index contributed by atoms with van der Waals surface area (Å²) in [5.74, 6) is -3.37. The molecule has 2 aromatic rings. The van der Waals surface area contributed by atoms with Crippen LogP contribution in [0.2, 0.25) is 0 Å². The SMILES string of the molecule is O=C(Nc1ccc(F)cc1F)c1cc(S(=O)(=O)NCCC2CCCC2)ccc1F. The normalized spacial score (nSPS) is 14.9. The van der Waals surface area contributed by atoms with Gasteiger partial charge in [0.1, 0.15) is 17.5 Å². The summed E-state index contributed by atoms with van der Waals surface area (Å²) in [6, 6.07) is 5.31. The zero-order valence-corrected chi connectivity index (χ0v) is 16.4. The number of rotatable bonds is 7. The van der Waals surface area contributed by atoms with Crippen molar-refractivity contribution in [3.8, 4) is 0 Å². The minimum atomic E-state index is -3.93. The molecule has 0 saturated heterocycles. The molecule has 1 aliphatic rings. The molecule has 5 nitrogen and oxygen atoms in total. The maximum atomic E-state index is 14.1. The second-order valence-corrected chi connectivity index (χ2v) is 8.82. The molecule has 1 amide bonds. The first kappa shape index (κ1) is 21.3. The number of nitrogens with one attached hydrogen (secondary N) is 2. The van der Waals surface area contributed by atoms with Gasteiger partial charge in [0.15, 0.2) is 0 Å². The molecule has 0 aliphatic heterocycles. The topological polar surface area (TPSA) is 75.3 Å². The Kier molecular flexibility index (Phi) is 6.59. The van der Waals surface area contributed by atoms with E-state index in [-0.39, 0.29) is 17.1 Å². The van der Waals surface area contributed by atoms with Crippen molar-refractivity contribution in [1.82, 2.24) is 4.72 Å². The molecule has 2 aromatic carbocycles. The van der Waals surface area contributed by atoms with E-state index in [9.17, 15) is 26.4 Å². The molecule has 29 heavy (non-hydrogen) atoms. The average Bonchev–Trinajstić information content (AvgIpc) is 3.17. The highest BCUT2D eigenvalue weighted by Gasteiger charge is 2.21. The van der Waals surface area contributed by atoms with E-state index >= 15 is 0 Å². The number of hydrogen-bond acceptors (Lipinski definition) is 3. The molecule has 0 radical (unpaired) electrons. The van der Waals surface area contributed by atoms with Crippen LogP contribution in [0, 0.1) is 23.4 Å². The number of carbonyl (C=O) groups is 1. The van der Waals surface area contributed by atoms with Gasteiger partial charge in [-0.05, 0) is 42.7 Å². The lowest BCUT2D eigenvalue weighted by atomic mass is 10.1. The molecule has 1 fully saturated rings. The molecule has 2 N–H and O–H groups in total. The van der Waals surface area contributed by atoms with Crippen LogP contribution < -0.4 is 10.0 Å². The second-order valence-electron chi connectivity index (χ2n) is 7.06. The summed E-state index contributed by atoms with van der Waals surface area (Å²) < 4.78 is 68.2. The van der Waals surface area contributed by atoms with Crippen LogP contribution in [0.1, 0.15) is 42.5 Å². The van der Waals surface area contributed by atoms with Crippen LogP contribution >= 0.6 is 0 Å². The Morgan fingerprint density at radius 2 is 1.72 bits per heavy atom. The Balaban J connectivity index is 1.73. The molecule has 0 aromatic heterocycles. The van der Waals surface area contributed by atoms with Crippen molar-refractivity contribution >= 4 is 21.6 Å². The highest BCUT2D eigenvalue weighted by Crippen LogP contribution is 2.27. The van der Waals surface area contributed by atoms with Crippen LogP contribution in [0.15, 0.2) is 41.3 Å². The Bertz CT molecular complexity index is 1010. The van der Waals surface area contributed by atoms with Gasteiger partial charge in [0, 0.05) is 12.6 Å². The summed E-state index contributed by atoms with van der Waals surface area (Å²) in [4.78, 5) is 12.0. The number of amides is 1. The molecule has 3 rings (SSSR count). The van der Waals surface area contributed by atoms with Gasteiger partial charge in [0.25, 0.3) is 5.91 Å². The van der Waals surface area contributed by atoms with Gasteiger partial charge < -0.3 is 5.32 Å². The number of hydrogen-bond donors (Lipinski definition) is 2. The van der Waals surface area contributed by atoms with E-state index in [2.05, 4.69) is 10.0 Å². The highest BCUT2D eigenvalue weighted by atomic mass is 32.2. The summed E-state index contributed by atoms with van der Waals surface area (Å²) in [5.41, 5.74) is -0.911. The average molecular weight is 426 g/mol. The van der Waals surface area contributed by atoms with Gasteiger partial charge >= 0.3 is 0 Å². The zero-order chi connectivity index (χ0) is 21.0. The Hall–Kier alpha value is -2.39.